The lowest BCUT2D eigenvalue weighted by Crippen LogP contribution is -2.34. The Bertz CT molecular complexity index is 1080. The minimum Gasteiger partial charge on any atom is -0.320 e. The molecule has 28 heavy (non-hydrogen) atoms. The van der Waals surface area contributed by atoms with Gasteiger partial charge in [-0.1, -0.05) is 11.6 Å². The Hall–Kier alpha value is -2.66. The van der Waals surface area contributed by atoms with Crippen LogP contribution in [0.15, 0.2) is 42.1 Å². The summed E-state index contributed by atoms with van der Waals surface area (Å²) in [6.45, 7) is 2.37. The molecule has 3 aromatic heterocycles. The normalized spacial score (nSPS) is 16.8. The number of aromatic nitrogens is 5. The van der Waals surface area contributed by atoms with Crippen LogP contribution in [-0.4, -0.2) is 36.5 Å². The number of nitrogens with one attached hydrogen (secondary N) is 1. The van der Waals surface area contributed by atoms with E-state index < -0.39 is 29.3 Å². The number of hydrogen-bond acceptors (Lipinski definition) is 6. The van der Waals surface area contributed by atoms with Crippen molar-refractivity contribution in [2.24, 2.45) is 0 Å². The first-order valence-corrected chi connectivity index (χ1v) is 9.29. The van der Waals surface area contributed by atoms with E-state index in [2.05, 4.69) is 20.5 Å². The number of carbonyl (C=O) groups is 1. The van der Waals surface area contributed by atoms with Gasteiger partial charge in [0.1, 0.15) is 18.1 Å². The van der Waals surface area contributed by atoms with Gasteiger partial charge in [0.25, 0.3) is 0 Å². The number of aryl methyl sites for hydroxylation is 1. The third kappa shape index (κ3) is 3.10. The maximum atomic E-state index is 13.9. The van der Waals surface area contributed by atoms with Gasteiger partial charge in [-0.25, -0.2) is 4.68 Å². The van der Waals surface area contributed by atoms with Gasteiger partial charge in [0, 0.05) is 18.3 Å². The molecule has 0 saturated heterocycles. The number of anilines is 1. The molecule has 0 radical (unpaired) electrons. The van der Waals surface area contributed by atoms with E-state index in [0.29, 0.717) is 16.4 Å². The molecule has 4 heterocycles. The van der Waals surface area contributed by atoms with Crippen LogP contribution in [-0.2, 0) is 6.54 Å². The van der Waals surface area contributed by atoms with E-state index in [9.17, 15) is 18.0 Å². The fourth-order valence-electron chi connectivity index (χ4n) is 3.00. The Labute approximate surface area is 165 Å². The van der Waals surface area contributed by atoms with Crippen molar-refractivity contribution in [1.82, 2.24) is 24.5 Å². The van der Waals surface area contributed by atoms with Gasteiger partial charge < -0.3 is 5.32 Å². The number of hydrogen-bond donors (Lipinski definition) is 1. The number of fused-ring (bicyclic) bond motifs is 1. The van der Waals surface area contributed by atoms with E-state index >= 15 is 0 Å². The van der Waals surface area contributed by atoms with E-state index in [4.69, 9.17) is 11.6 Å². The summed E-state index contributed by atoms with van der Waals surface area (Å²) in [7, 11) is 0. The third-order valence-electron chi connectivity index (χ3n) is 4.22. The average Bonchev–Trinajstić information content (AvgIpc) is 3.38. The standard InChI is InChI=1S/C16H12ClF3N6OS/c1-2-25-6-8(5-22-25)12-11(13(27)9-3-4-10(17)28-9)14(16(18,19)20)24-15-21-7-23-26(12)15/h3-7,12H,2H2,1H3,(H,21,23,24). The first kappa shape index (κ1) is 18.7. The number of rotatable bonds is 4. The van der Waals surface area contributed by atoms with Crippen molar-refractivity contribution in [3.63, 3.8) is 0 Å². The third-order valence-corrected chi connectivity index (χ3v) is 5.45. The zero-order valence-corrected chi connectivity index (χ0v) is 15.8. The molecular formula is C16H12ClF3N6OS. The van der Waals surface area contributed by atoms with Gasteiger partial charge in [-0.15, -0.1) is 11.3 Å². The van der Waals surface area contributed by atoms with Crippen molar-refractivity contribution < 1.29 is 18.0 Å². The summed E-state index contributed by atoms with van der Waals surface area (Å²) in [5, 5.41) is 10.4. The molecule has 0 saturated carbocycles. The van der Waals surface area contributed by atoms with Crippen molar-refractivity contribution in [2.75, 3.05) is 5.32 Å². The lowest BCUT2D eigenvalue weighted by molar-refractivity contribution is -0.0918. The quantitative estimate of drug-likeness (QED) is 0.637. The highest BCUT2D eigenvalue weighted by atomic mass is 35.5. The number of nitrogens with zero attached hydrogens (tertiary/aromatic N) is 5. The molecule has 0 spiro atoms. The summed E-state index contributed by atoms with van der Waals surface area (Å²) in [4.78, 5) is 17.1. The second-order valence-electron chi connectivity index (χ2n) is 5.90. The molecule has 1 atom stereocenters. The van der Waals surface area contributed by atoms with Crippen LogP contribution in [0.3, 0.4) is 0 Å². The second kappa shape index (κ2) is 6.74. The number of thiophene rings is 1. The average molecular weight is 429 g/mol. The topological polar surface area (TPSA) is 77.6 Å². The van der Waals surface area contributed by atoms with Crippen LogP contribution in [0.2, 0.25) is 4.34 Å². The molecule has 1 aliphatic rings. The second-order valence-corrected chi connectivity index (χ2v) is 7.62. The maximum absolute atomic E-state index is 13.9. The molecule has 1 unspecified atom stereocenters. The minimum absolute atomic E-state index is 0.0972. The lowest BCUT2D eigenvalue weighted by atomic mass is 9.93. The number of alkyl halides is 3. The van der Waals surface area contributed by atoms with Crippen molar-refractivity contribution in [3.8, 4) is 0 Å². The molecule has 7 nitrogen and oxygen atoms in total. The van der Waals surface area contributed by atoms with Crippen LogP contribution >= 0.6 is 22.9 Å². The molecule has 3 aromatic rings. The Morgan fingerprint density at radius 1 is 1.36 bits per heavy atom. The van der Waals surface area contributed by atoms with Crippen LogP contribution < -0.4 is 5.32 Å². The van der Waals surface area contributed by atoms with Crippen LogP contribution in [0.4, 0.5) is 19.1 Å². The van der Waals surface area contributed by atoms with Gasteiger partial charge in [-0.2, -0.15) is 28.4 Å². The zero-order valence-electron chi connectivity index (χ0n) is 14.2. The van der Waals surface area contributed by atoms with Crippen LogP contribution in [0, 0.1) is 0 Å². The fraction of sp³-hybridized carbons (Fsp3) is 0.250. The molecule has 0 bridgehead atoms. The molecule has 0 amide bonds. The van der Waals surface area contributed by atoms with Crippen molar-refractivity contribution in [2.45, 2.75) is 25.7 Å². The summed E-state index contributed by atoms with van der Waals surface area (Å²) in [5.41, 5.74) is -1.26. The number of halogens is 4. The smallest absolute Gasteiger partial charge is 0.320 e. The first-order valence-electron chi connectivity index (χ1n) is 8.10. The summed E-state index contributed by atoms with van der Waals surface area (Å²) in [5.74, 6) is -0.894. The van der Waals surface area contributed by atoms with Gasteiger partial charge >= 0.3 is 6.18 Å². The number of ketones is 1. The lowest BCUT2D eigenvalue weighted by Gasteiger charge is -2.29. The number of carbonyl (C=O) groups excluding carboxylic acids is 1. The SMILES string of the molecule is CCn1cc(C2C(C(=O)c3ccc(Cl)s3)=C(C(F)(F)F)Nc3ncnn32)cn1. The predicted octanol–water partition coefficient (Wildman–Crippen LogP) is 3.92. The Morgan fingerprint density at radius 3 is 2.75 bits per heavy atom. The summed E-state index contributed by atoms with van der Waals surface area (Å²) in [6, 6.07) is 1.73. The molecule has 4 rings (SSSR count). The molecular weight excluding hydrogens is 417 g/mol. The van der Waals surface area contributed by atoms with Gasteiger partial charge in [0.15, 0.2) is 0 Å². The van der Waals surface area contributed by atoms with E-state index in [1.54, 1.807) is 10.9 Å². The van der Waals surface area contributed by atoms with Crippen molar-refractivity contribution >= 4 is 34.7 Å². The molecule has 1 N–H and O–H groups in total. The molecule has 0 aromatic carbocycles. The van der Waals surface area contributed by atoms with Crippen molar-refractivity contribution in [1.29, 1.82) is 0 Å². The summed E-state index contributed by atoms with van der Waals surface area (Å²) >= 11 is 6.79. The Kier molecular flexibility index (Phi) is 4.50. The van der Waals surface area contributed by atoms with E-state index in [0.717, 1.165) is 17.7 Å². The zero-order chi connectivity index (χ0) is 20.1. The molecule has 146 valence electrons. The van der Waals surface area contributed by atoms with E-state index in [1.807, 2.05) is 6.92 Å². The summed E-state index contributed by atoms with van der Waals surface area (Å²) in [6.07, 6.45) is -0.664. The predicted molar refractivity (Wildman–Crippen MR) is 96.4 cm³/mol. The molecule has 1 aliphatic heterocycles. The fourth-order valence-corrected chi connectivity index (χ4v) is 4.00. The Morgan fingerprint density at radius 2 is 2.14 bits per heavy atom. The highest BCUT2D eigenvalue weighted by Gasteiger charge is 2.46. The number of allylic oxidation sites excluding steroid dienone is 2. The highest BCUT2D eigenvalue weighted by molar-refractivity contribution is 7.18. The summed E-state index contributed by atoms with van der Waals surface area (Å²) < 4.78 is 44.7. The largest absolute Gasteiger partial charge is 0.431 e. The van der Waals surface area contributed by atoms with Crippen LogP contribution in [0.1, 0.15) is 28.2 Å². The first-order chi connectivity index (χ1) is 13.3. The Balaban J connectivity index is 1.95. The van der Waals surface area contributed by atoms with Crippen LogP contribution in [0.5, 0.6) is 0 Å². The number of Topliss-reactive ketones (excluding diaryl/α,β-unsaturated/α-hetero) is 1. The molecule has 12 heteroatoms. The van der Waals surface area contributed by atoms with E-state index in [1.165, 1.54) is 23.0 Å². The van der Waals surface area contributed by atoms with Crippen LogP contribution in [0.25, 0.3) is 0 Å². The molecule has 0 aliphatic carbocycles. The van der Waals surface area contributed by atoms with Gasteiger partial charge in [-0.3, -0.25) is 9.48 Å². The minimum atomic E-state index is -4.80. The molecule has 0 fully saturated rings. The van der Waals surface area contributed by atoms with Crippen molar-refractivity contribution in [3.05, 3.63) is 56.9 Å². The highest BCUT2D eigenvalue weighted by Crippen LogP contribution is 2.42. The van der Waals surface area contributed by atoms with Gasteiger partial charge in [0.05, 0.1) is 21.0 Å². The van der Waals surface area contributed by atoms with Gasteiger partial charge in [-0.05, 0) is 19.1 Å². The van der Waals surface area contributed by atoms with E-state index in [-0.39, 0.29) is 10.8 Å². The maximum Gasteiger partial charge on any atom is 0.431 e. The monoisotopic (exact) mass is 428 g/mol. The van der Waals surface area contributed by atoms with Gasteiger partial charge in [0.2, 0.25) is 11.7 Å².